The molecule has 1 aliphatic carbocycles. The smallest absolute Gasteiger partial charge is 0.409 e. The van der Waals surface area contributed by atoms with Crippen LogP contribution in [0.3, 0.4) is 0 Å². The molecule has 1 saturated carbocycles. The highest BCUT2D eigenvalue weighted by Gasteiger charge is 2.51. The second-order valence-electron chi connectivity index (χ2n) is 11.6. The van der Waals surface area contributed by atoms with Crippen molar-refractivity contribution >= 4 is 34.6 Å². The molecule has 3 aromatic rings. The Morgan fingerprint density at radius 2 is 1.68 bits per heavy atom. The van der Waals surface area contributed by atoms with Crippen LogP contribution in [-0.4, -0.2) is 88.8 Å². The lowest BCUT2D eigenvalue weighted by molar-refractivity contribution is -0.140. The van der Waals surface area contributed by atoms with E-state index in [1.165, 1.54) is 7.11 Å². The number of ether oxygens (including phenoxy) is 1. The molecule has 7 rings (SSSR count). The van der Waals surface area contributed by atoms with Crippen LogP contribution in [0.25, 0.3) is 22.0 Å². The van der Waals surface area contributed by atoms with Crippen molar-refractivity contribution in [1.82, 2.24) is 19.7 Å². The van der Waals surface area contributed by atoms with Crippen LogP contribution in [0.15, 0.2) is 59.7 Å². The zero-order valence-corrected chi connectivity index (χ0v) is 22.6. The first-order chi connectivity index (χ1) is 19.4. The molecule has 3 amide bonds. The molecule has 2 saturated heterocycles. The van der Waals surface area contributed by atoms with E-state index in [4.69, 9.17) is 9.73 Å². The summed E-state index contributed by atoms with van der Waals surface area (Å²) in [6, 6.07) is 16.7. The molecular formula is C31H33N5O4. The fraction of sp³-hybridized carbons (Fsp3) is 0.419. The lowest BCUT2D eigenvalue weighted by atomic mass is 9.87. The fourth-order valence-electron chi connectivity index (χ4n) is 6.32. The van der Waals surface area contributed by atoms with Gasteiger partial charge in [-0.2, -0.15) is 0 Å². The number of hydrogen-bond acceptors (Lipinski definition) is 5. The minimum absolute atomic E-state index is 0.000899. The summed E-state index contributed by atoms with van der Waals surface area (Å²) in [6.07, 6.45) is 4.50. The van der Waals surface area contributed by atoms with Crippen molar-refractivity contribution in [3.63, 3.8) is 0 Å². The SMILES string of the molecule is COC(=O)N1CCC2(CC1)N=C(c1ccc(-c3ccc4[nH]ccc4c3)cc1)N(CC1CN(C(=O)C3CC3)C1)C2=O. The van der Waals surface area contributed by atoms with Gasteiger partial charge in [-0.3, -0.25) is 19.5 Å². The lowest BCUT2D eigenvalue weighted by Crippen LogP contribution is -2.57. The summed E-state index contributed by atoms with van der Waals surface area (Å²) in [5.74, 6) is 1.40. The minimum Gasteiger partial charge on any atom is -0.453 e. The first-order valence-corrected chi connectivity index (χ1v) is 14.2. The number of likely N-dealkylation sites (tertiary alicyclic amines) is 2. The molecule has 0 unspecified atom stereocenters. The minimum atomic E-state index is -0.870. The molecule has 0 bridgehead atoms. The van der Waals surface area contributed by atoms with Gasteiger partial charge in [-0.1, -0.05) is 30.3 Å². The number of carbonyl (C=O) groups is 3. The molecule has 0 atom stereocenters. The standard InChI is InChI=1S/C31H33N5O4/c1-40-30(39)34-14-11-31(12-15-34)29(38)36(19-20-17-35(18-20)28(37)23-6-7-23)27(33-31)22-4-2-21(3-5-22)24-8-9-26-25(16-24)10-13-32-26/h2-5,8-10,13,16,20,23,32H,6-7,11-12,14-15,17-19H2,1H3. The molecule has 4 heterocycles. The maximum absolute atomic E-state index is 14.0. The van der Waals surface area contributed by atoms with Gasteiger partial charge in [0.05, 0.1) is 7.11 Å². The van der Waals surface area contributed by atoms with Crippen molar-refractivity contribution in [2.24, 2.45) is 16.8 Å². The second kappa shape index (κ2) is 9.50. The zero-order valence-electron chi connectivity index (χ0n) is 22.6. The van der Waals surface area contributed by atoms with Gasteiger partial charge in [-0.15, -0.1) is 0 Å². The third-order valence-electron chi connectivity index (χ3n) is 8.91. The molecule has 1 N–H and O–H groups in total. The fourth-order valence-corrected chi connectivity index (χ4v) is 6.32. The van der Waals surface area contributed by atoms with E-state index in [1.54, 1.807) is 4.90 Å². The summed E-state index contributed by atoms with van der Waals surface area (Å²) >= 11 is 0. The summed E-state index contributed by atoms with van der Waals surface area (Å²) < 4.78 is 4.89. The van der Waals surface area contributed by atoms with E-state index < -0.39 is 5.54 Å². The number of amides is 3. The van der Waals surface area contributed by atoms with E-state index in [0.29, 0.717) is 51.4 Å². The number of H-pyrrole nitrogens is 1. The number of benzene rings is 2. The molecule has 3 fully saturated rings. The van der Waals surface area contributed by atoms with Crippen LogP contribution in [0, 0.1) is 11.8 Å². The van der Waals surface area contributed by atoms with E-state index >= 15 is 0 Å². The van der Waals surface area contributed by atoms with E-state index in [0.717, 1.165) is 40.4 Å². The van der Waals surface area contributed by atoms with Gasteiger partial charge in [0.15, 0.2) is 0 Å². The molecule has 9 heteroatoms. The quantitative estimate of drug-likeness (QED) is 0.532. The predicted octanol–water partition coefficient (Wildman–Crippen LogP) is 3.89. The van der Waals surface area contributed by atoms with E-state index in [1.807, 2.05) is 28.1 Å². The van der Waals surface area contributed by atoms with Crippen molar-refractivity contribution in [3.8, 4) is 11.1 Å². The number of rotatable bonds is 5. The molecule has 206 valence electrons. The van der Waals surface area contributed by atoms with Crippen LogP contribution in [0.1, 0.15) is 31.2 Å². The Labute approximate surface area is 232 Å². The van der Waals surface area contributed by atoms with Crippen molar-refractivity contribution in [2.45, 2.75) is 31.2 Å². The van der Waals surface area contributed by atoms with Gasteiger partial charge < -0.3 is 19.5 Å². The van der Waals surface area contributed by atoms with Crippen LogP contribution in [-0.2, 0) is 14.3 Å². The average Bonchev–Trinajstić information content (AvgIpc) is 3.66. The third-order valence-corrected chi connectivity index (χ3v) is 8.91. The largest absolute Gasteiger partial charge is 0.453 e. The maximum Gasteiger partial charge on any atom is 0.409 e. The number of fused-ring (bicyclic) bond motifs is 1. The Morgan fingerprint density at radius 3 is 2.38 bits per heavy atom. The molecule has 3 aliphatic heterocycles. The van der Waals surface area contributed by atoms with Gasteiger partial charge in [0, 0.05) is 61.8 Å². The Kier molecular flexibility index (Phi) is 5.91. The first kappa shape index (κ1) is 24.9. The van der Waals surface area contributed by atoms with Crippen LogP contribution < -0.4 is 0 Å². The monoisotopic (exact) mass is 539 g/mol. The van der Waals surface area contributed by atoms with E-state index in [2.05, 4.69) is 41.4 Å². The maximum atomic E-state index is 14.0. The van der Waals surface area contributed by atoms with Gasteiger partial charge in [0.2, 0.25) is 5.91 Å². The number of nitrogens with one attached hydrogen (secondary N) is 1. The number of aliphatic imine (C=N–C) groups is 1. The van der Waals surface area contributed by atoms with Crippen LogP contribution in [0.2, 0.25) is 0 Å². The molecule has 40 heavy (non-hydrogen) atoms. The summed E-state index contributed by atoms with van der Waals surface area (Å²) in [6.45, 7) is 2.78. The van der Waals surface area contributed by atoms with Gasteiger partial charge in [0.1, 0.15) is 11.4 Å². The predicted molar refractivity (Wildman–Crippen MR) is 151 cm³/mol. The lowest BCUT2D eigenvalue weighted by Gasteiger charge is -2.42. The highest BCUT2D eigenvalue weighted by molar-refractivity contribution is 6.15. The summed E-state index contributed by atoms with van der Waals surface area (Å²) in [4.78, 5) is 52.3. The van der Waals surface area contributed by atoms with Gasteiger partial charge in [0.25, 0.3) is 5.91 Å². The first-order valence-electron chi connectivity index (χ1n) is 14.2. The highest BCUT2D eigenvalue weighted by atomic mass is 16.5. The normalized spacial score (nSPS) is 20.7. The van der Waals surface area contributed by atoms with Crippen LogP contribution >= 0.6 is 0 Å². The van der Waals surface area contributed by atoms with E-state index in [-0.39, 0.29) is 29.7 Å². The molecule has 0 radical (unpaired) electrons. The third kappa shape index (κ3) is 4.24. The Bertz CT molecular complexity index is 1510. The van der Waals surface area contributed by atoms with Crippen LogP contribution in [0.4, 0.5) is 4.79 Å². The summed E-state index contributed by atoms with van der Waals surface area (Å²) in [7, 11) is 1.38. The topological polar surface area (TPSA) is 98.3 Å². The molecule has 1 spiro atoms. The molecule has 2 aromatic carbocycles. The second-order valence-corrected chi connectivity index (χ2v) is 11.6. The number of aromatic amines is 1. The van der Waals surface area contributed by atoms with E-state index in [9.17, 15) is 14.4 Å². The molecule has 9 nitrogen and oxygen atoms in total. The molecule has 4 aliphatic rings. The number of aromatic nitrogens is 1. The van der Waals surface area contributed by atoms with Gasteiger partial charge in [-0.25, -0.2) is 4.79 Å². The van der Waals surface area contributed by atoms with Gasteiger partial charge >= 0.3 is 6.09 Å². The van der Waals surface area contributed by atoms with Crippen molar-refractivity contribution in [1.29, 1.82) is 0 Å². The average molecular weight is 540 g/mol. The Morgan fingerprint density at radius 1 is 0.975 bits per heavy atom. The summed E-state index contributed by atoms with van der Waals surface area (Å²) in [5.41, 5.74) is 3.36. The van der Waals surface area contributed by atoms with Gasteiger partial charge in [-0.05, 0) is 60.4 Å². The Hall–Kier alpha value is -4.14. The molecule has 1 aromatic heterocycles. The number of hydrogen-bond donors (Lipinski definition) is 1. The van der Waals surface area contributed by atoms with Crippen molar-refractivity contribution < 1.29 is 19.1 Å². The number of nitrogens with zero attached hydrogens (tertiary/aromatic N) is 4. The summed E-state index contributed by atoms with van der Waals surface area (Å²) in [5, 5.41) is 1.16. The number of methoxy groups -OCH3 is 1. The number of carbonyl (C=O) groups excluding carboxylic acids is 3. The van der Waals surface area contributed by atoms with Crippen molar-refractivity contribution in [3.05, 3.63) is 60.3 Å². The van der Waals surface area contributed by atoms with Crippen molar-refractivity contribution in [2.75, 3.05) is 39.8 Å². The van der Waals surface area contributed by atoms with Crippen LogP contribution in [0.5, 0.6) is 0 Å². The Balaban J connectivity index is 1.14. The number of piperidine rings is 1. The zero-order chi connectivity index (χ0) is 27.4. The number of amidine groups is 1. The highest BCUT2D eigenvalue weighted by Crippen LogP contribution is 2.38. The molecular weight excluding hydrogens is 506 g/mol.